The van der Waals surface area contributed by atoms with E-state index in [2.05, 4.69) is 20.8 Å². The number of hydroxylamine groups is 1. The molecule has 144 valence electrons. The van der Waals surface area contributed by atoms with Crippen LogP contribution < -0.4 is 10.8 Å². The molecular formula is C16H13Cl2F3N4O2. The van der Waals surface area contributed by atoms with Gasteiger partial charge in [-0.25, -0.2) is 14.8 Å². The maximum atomic E-state index is 13.3. The maximum Gasteiger partial charge on any atom is 0.434 e. The van der Waals surface area contributed by atoms with Crippen molar-refractivity contribution in [3.8, 4) is 0 Å². The van der Waals surface area contributed by atoms with Gasteiger partial charge in [-0.15, -0.1) is 5.48 Å². The van der Waals surface area contributed by atoms with Crippen molar-refractivity contribution in [2.24, 2.45) is 0 Å². The van der Waals surface area contributed by atoms with Gasteiger partial charge in [-0.05, 0) is 31.0 Å². The molecule has 2 aromatic rings. The fraction of sp³-hybridized carbons (Fsp3) is 0.312. The first-order chi connectivity index (χ1) is 12.7. The molecule has 2 N–H and O–H groups in total. The normalized spacial score (nSPS) is 14.6. The van der Waals surface area contributed by atoms with E-state index in [-0.39, 0.29) is 22.0 Å². The van der Waals surface area contributed by atoms with Gasteiger partial charge in [-0.3, -0.25) is 0 Å². The summed E-state index contributed by atoms with van der Waals surface area (Å²) in [7, 11) is 0. The lowest BCUT2D eigenvalue weighted by Gasteiger charge is -2.25. The molecule has 1 aliphatic carbocycles. The Morgan fingerprint density at radius 3 is 2.41 bits per heavy atom. The lowest BCUT2D eigenvalue weighted by atomic mass is 9.94. The van der Waals surface area contributed by atoms with Crippen LogP contribution in [0.3, 0.4) is 0 Å². The lowest BCUT2D eigenvalue weighted by Crippen LogP contribution is -2.37. The average molecular weight is 421 g/mol. The van der Waals surface area contributed by atoms with Gasteiger partial charge in [0.2, 0.25) is 5.95 Å². The van der Waals surface area contributed by atoms with E-state index in [1.54, 1.807) is 0 Å². The number of hydrogen-bond donors (Lipinski definition) is 2. The number of anilines is 2. The predicted octanol–water partition coefficient (Wildman–Crippen LogP) is 4.76. The van der Waals surface area contributed by atoms with E-state index in [9.17, 15) is 18.0 Å². The van der Waals surface area contributed by atoms with Crippen LogP contribution in [0.1, 0.15) is 35.3 Å². The van der Waals surface area contributed by atoms with Gasteiger partial charge in [-0.1, -0.05) is 29.6 Å². The quantitative estimate of drug-likeness (QED) is 0.679. The van der Waals surface area contributed by atoms with Gasteiger partial charge in [0.1, 0.15) is 5.56 Å². The fourth-order valence-corrected chi connectivity index (χ4v) is 2.81. The topological polar surface area (TPSA) is 76.1 Å². The molecule has 0 amide bonds. The molecule has 1 aromatic carbocycles. The van der Waals surface area contributed by atoms with Crippen molar-refractivity contribution in [1.29, 1.82) is 0 Å². The van der Waals surface area contributed by atoms with E-state index in [1.165, 1.54) is 18.2 Å². The van der Waals surface area contributed by atoms with Gasteiger partial charge in [0, 0.05) is 28.0 Å². The van der Waals surface area contributed by atoms with Gasteiger partial charge < -0.3 is 10.2 Å². The van der Waals surface area contributed by atoms with Crippen LogP contribution in [0.25, 0.3) is 0 Å². The number of carbonyl (C=O) groups is 1. The zero-order chi connectivity index (χ0) is 19.6. The number of carbonyl (C=O) groups excluding carboxylic acids is 1. The van der Waals surface area contributed by atoms with Crippen molar-refractivity contribution in [2.75, 3.05) is 5.32 Å². The highest BCUT2D eigenvalue weighted by molar-refractivity contribution is 6.35. The Labute approximate surface area is 162 Å². The Morgan fingerprint density at radius 2 is 1.85 bits per heavy atom. The van der Waals surface area contributed by atoms with E-state index in [1.807, 2.05) is 0 Å². The van der Waals surface area contributed by atoms with Crippen LogP contribution in [0, 0.1) is 0 Å². The molecule has 11 heteroatoms. The molecule has 0 bridgehead atoms. The molecule has 1 aliphatic rings. The number of benzene rings is 1. The number of alkyl halides is 3. The number of nitrogens with zero attached hydrogens (tertiary/aromatic N) is 2. The van der Waals surface area contributed by atoms with E-state index >= 15 is 0 Å². The summed E-state index contributed by atoms with van der Waals surface area (Å²) in [6.07, 6.45) is -1.56. The van der Waals surface area contributed by atoms with Crippen LogP contribution >= 0.6 is 23.2 Å². The molecular weight excluding hydrogens is 408 g/mol. The number of halogens is 5. The summed E-state index contributed by atoms with van der Waals surface area (Å²) in [5, 5.41) is 3.14. The van der Waals surface area contributed by atoms with Gasteiger partial charge in [0.05, 0.1) is 0 Å². The van der Waals surface area contributed by atoms with Crippen LogP contribution in [-0.2, 0) is 11.0 Å². The minimum absolute atomic E-state index is 0.0438. The lowest BCUT2D eigenvalue weighted by molar-refractivity contribution is -0.141. The van der Waals surface area contributed by atoms with E-state index in [4.69, 9.17) is 28.0 Å². The molecule has 0 spiro atoms. The maximum absolute atomic E-state index is 13.3. The van der Waals surface area contributed by atoms with Crippen molar-refractivity contribution in [2.45, 2.75) is 31.5 Å². The summed E-state index contributed by atoms with van der Waals surface area (Å²) in [5.41, 5.74) is 0.543. The van der Waals surface area contributed by atoms with Gasteiger partial charge in [0.15, 0.2) is 5.69 Å². The number of hydrogen-bond acceptors (Lipinski definition) is 6. The van der Waals surface area contributed by atoms with Crippen molar-refractivity contribution < 1.29 is 22.8 Å². The second kappa shape index (κ2) is 7.87. The first-order valence-corrected chi connectivity index (χ1v) is 8.62. The minimum Gasteiger partial charge on any atom is -0.366 e. The van der Waals surface area contributed by atoms with Crippen LogP contribution in [-0.4, -0.2) is 22.0 Å². The van der Waals surface area contributed by atoms with Crippen LogP contribution in [0.2, 0.25) is 10.0 Å². The molecule has 3 rings (SSSR count). The standard InChI is InChI=1S/C16H13Cl2F3N4O2/c17-8-4-9(18)6-11(5-8)23-15-22-7-12(13(24-15)16(19,20)21)14(26)27-25-10-2-1-3-10/h4-7,10,25H,1-3H2,(H,22,23,24). The Morgan fingerprint density at radius 1 is 1.19 bits per heavy atom. The molecule has 0 aliphatic heterocycles. The third-order valence-electron chi connectivity index (χ3n) is 3.82. The SMILES string of the molecule is O=C(ONC1CCC1)c1cnc(Nc2cc(Cl)cc(Cl)c2)nc1C(F)(F)F. The molecule has 0 atom stereocenters. The Balaban J connectivity index is 1.83. The van der Waals surface area contributed by atoms with Gasteiger partial charge in [0.25, 0.3) is 0 Å². The van der Waals surface area contributed by atoms with E-state index in [0.717, 1.165) is 25.5 Å². The number of nitrogens with one attached hydrogen (secondary N) is 2. The molecule has 1 heterocycles. The molecule has 0 saturated heterocycles. The van der Waals surface area contributed by atoms with Crippen molar-refractivity contribution in [3.05, 3.63) is 45.7 Å². The minimum atomic E-state index is -4.88. The van der Waals surface area contributed by atoms with Crippen LogP contribution in [0.4, 0.5) is 24.8 Å². The molecule has 1 aromatic heterocycles. The van der Waals surface area contributed by atoms with Gasteiger partial charge in [-0.2, -0.15) is 13.2 Å². The largest absolute Gasteiger partial charge is 0.434 e. The summed E-state index contributed by atoms with van der Waals surface area (Å²) in [6.45, 7) is 0. The highest BCUT2D eigenvalue weighted by atomic mass is 35.5. The second-order valence-electron chi connectivity index (χ2n) is 5.87. The smallest absolute Gasteiger partial charge is 0.366 e. The van der Waals surface area contributed by atoms with Crippen molar-refractivity contribution in [1.82, 2.24) is 15.4 Å². The zero-order valence-corrected chi connectivity index (χ0v) is 15.1. The van der Waals surface area contributed by atoms with Crippen LogP contribution in [0.5, 0.6) is 0 Å². The summed E-state index contributed by atoms with van der Waals surface area (Å²) in [5.74, 6) is -1.57. The summed E-state index contributed by atoms with van der Waals surface area (Å²) in [4.78, 5) is 23.9. The Bertz CT molecular complexity index is 840. The predicted molar refractivity (Wildman–Crippen MR) is 93.0 cm³/mol. The molecule has 0 radical (unpaired) electrons. The third kappa shape index (κ3) is 5.00. The average Bonchev–Trinajstić information content (AvgIpc) is 2.51. The summed E-state index contributed by atoms with van der Waals surface area (Å²) < 4.78 is 40.0. The van der Waals surface area contributed by atoms with Crippen LogP contribution in [0.15, 0.2) is 24.4 Å². The highest BCUT2D eigenvalue weighted by Crippen LogP contribution is 2.32. The monoisotopic (exact) mass is 420 g/mol. The van der Waals surface area contributed by atoms with Crippen molar-refractivity contribution in [3.63, 3.8) is 0 Å². The Kier molecular flexibility index (Phi) is 5.73. The summed E-state index contributed by atoms with van der Waals surface area (Å²) >= 11 is 11.7. The second-order valence-corrected chi connectivity index (χ2v) is 6.74. The first kappa shape index (κ1) is 19.7. The molecule has 1 saturated carbocycles. The third-order valence-corrected chi connectivity index (χ3v) is 4.26. The molecule has 1 fully saturated rings. The Hall–Kier alpha value is -2.10. The molecule has 27 heavy (non-hydrogen) atoms. The number of aromatic nitrogens is 2. The van der Waals surface area contributed by atoms with Gasteiger partial charge >= 0.3 is 12.1 Å². The molecule has 0 unspecified atom stereocenters. The van der Waals surface area contributed by atoms with E-state index < -0.39 is 23.4 Å². The number of rotatable bonds is 5. The highest BCUT2D eigenvalue weighted by Gasteiger charge is 2.39. The fourth-order valence-electron chi connectivity index (χ4n) is 2.28. The summed E-state index contributed by atoms with van der Waals surface area (Å²) in [6, 6.07) is 4.30. The zero-order valence-electron chi connectivity index (χ0n) is 13.6. The van der Waals surface area contributed by atoms with E-state index in [0.29, 0.717) is 5.69 Å². The first-order valence-electron chi connectivity index (χ1n) is 7.86. The molecule has 6 nitrogen and oxygen atoms in total. The van der Waals surface area contributed by atoms with Crippen molar-refractivity contribution >= 4 is 40.8 Å².